The van der Waals surface area contributed by atoms with Gasteiger partial charge in [-0.15, -0.1) is 0 Å². The van der Waals surface area contributed by atoms with Gasteiger partial charge < -0.3 is 20.3 Å². The number of ether oxygens (including phenoxy) is 1. The lowest BCUT2D eigenvalue weighted by Gasteiger charge is -2.34. The van der Waals surface area contributed by atoms with Gasteiger partial charge in [-0.05, 0) is 25.5 Å². The highest BCUT2D eigenvalue weighted by Crippen LogP contribution is 2.31. The molecule has 0 bridgehead atoms. The molecule has 26 heavy (non-hydrogen) atoms. The smallest absolute Gasteiger partial charge is 0.272 e. The van der Waals surface area contributed by atoms with Crippen LogP contribution in [0, 0.1) is 0 Å². The molecule has 1 atom stereocenters. The fraction of sp³-hybridized carbons (Fsp3) is 0.444. The molecule has 0 aliphatic carbocycles. The van der Waals surface area contributed by atoms with Gasteiger partial charge in [0, 0.05) is 36.5 Å². The van der Waals surface area contributed by atoms with Crippen molar-refractivity contribution in [1.29, 1.82) is 0 Å². The number of anilines is 1. The largest absolute Gasteiger partial charge is 0.473 e. The van der Waals surface area contributed by atoms with Crippen LogP contribution in [0.25, 0.3) is 0 Å². The van der Waals surface area contributed by atoms with Gasteiger partial charge in [-0.3, -0.25) is 4.79 Å². The Morgan fingerprint density at radius 2 is 2.12 bits per heavy atom. The van der Waals surface area contributed by atoms with Gasteiger partial charge in [0.15, 0.2) is 12.5 Å². The van der Waals surface area contributed by atoms with E-state index >= 15 is 0 Å². The Morgan fingerprint density at radius 3 is 2.73 bits per heavy atom. The van der Waals surface area contributed by atoms with Crippen LogP contribution in [0.15, 0.2) is 35.4 Å². The first-order valence-corrected chi connectivity index (χ1v) is 8.37. The summed E-state index contributed by atoms with van der Waals surface area (Å²) >= 11 is 0. The average Bonchev–Trinajstić information content (AvgIpc) is 2.91. The number of alkyl halides is 2. The molecule has 1 amide bonds. The normalized spacial score (nSPS) is 18.4. The highest BCUT2D eigenvalue weighted by Gasteiger charge is 2.35. The van der Waals surface area contributed by atoms with Crippen molar-refractivity contribution < 1.29 is 18.3 Å². The minimum Gasteiger partial charge on any atom is -0.473 e. The summed E-state index contributed by atoms with van der Waals surface area (Å²) in [6, 6.07) is 1.52. The lowest BCUT2D eigenvalue weighted by molar-refractivity contribution is 0.0221. The minimum absolute atomic E-state index is 0.0773. The fourth-order valence-electron chi connectivity index (χ4n) is 3.44. The Hall–Kier alpha value is -2.64. The number of fused-ring (bicyclic) bond motifs is 1. The van der Waals surface area contributed by atoms with Gasteiger partial charge in [-0.2, -0.15) is 0 Å². The molecule has 0 spiro atoms. The van der Waals surface area contributed by atoms with E-state index in [1.165, 1.54) is 6.20 Å². The van der Waals surface area contributed by atoms with Crippen molar-refractivity contribution in [2.75, 3.05) is 25.9 Å². The van der Waals surface area contributed by atoms with Crippen molar-refractivity contribution in [3.8, 4) is 0 Å². The summed E-state index contributed by atoms with van der Waals surface area (Å²) in [5.41, 5.74) is 8.99. The molecule has 3 heterocycles. The molecule has 140 valence electrons. The summed E-state index contributed by atoms with van der Waals surface area (Å²) in [4.78, 5) is 20.3. The highest BCUT2D eigenvalue weighted by molar-refractivity contribution is 5.99. The summed E-state index contributed by atoms with van der Waals surface area (Å²) in [6.45, 7) is 4.03. The number of nitrogen functional groups attached to an aromatic ring is 1. The van der Waals surface area contributed by atoms with Gasteiger partial charge in [0.2, 0.25) is 0 Å². The standard InChI is InChI=1S/C18H22F2N4O2/c1-10-6-12(7-23(3)18(10)26-9-15(19)20)11(2)24-8-14-13(17(24)25)4-5-22-16(14)21/h4-6,11,15H,7-9H2,1-3H3,(H2,21,22). The molecule has 2 N–H and O–H groups in total. The van der Waals surface area contributed by atoms with E-state index in [2.05, 4.69) is 4.98 Å². The van der Waals surface area contributed by atoms with Crippen LogP contribution in [-0.2, 0) is 11.3 Å². The Balaban J connectivity index is 1.81. The first kappa shape index (κ1) is 18.2. The predicted octanol–water partition coefficient (Wildman–Crippen LogP) is 2.39. The maximum Gasteiger partial charge on any atom is 0.272 e. The second-order valence-corrected chi connectivity index (χ2v) is 6.60. The molecule has 0 radical (unpaired) electrons. The first-order valence-electron chi connectivity index (χ1n) is 8.37. The highest BCUT2D eigenvalue weighted by atomic mass is 19.3. The van der Waals surface area contributed by atoms with Crippen molar-refractivity contribution in [2.45, 2.75) is 32.9 Å². The average molecular weight is 364 g/mol. The van der Waals surface area contributed by atoms with Crippen molar-refractivity contribution >= 4 is 11.7 Å². The SMILES string of the molecule is CC1=C(OCC(F)F)N(C)CC(C(C)N2Cc3c(ccnc3N)C2=O)=C1. The van der Waals surface area contributed by atoms with Crippen LogP contribution in [0.1, 0.15) is 29.8 Å². The van der Waals surface area contributed by atoms with Crippen molar-refractivity contribution in [2.24, 2.45) is 0 Å². The van der Waals surface area contributed by atoms with Crippen LogP contribution in [0.3, 0.4) is 0 Å². The molecule has 0 aromatic carbocycles. The zero-order valence-corrected chi connectivity index (χ0v) is 15.0. The van der Waals surface area contributed by atoms with Crippen LogP contribution in [0.2, 0.25) is 0 Å². The third-order valence-electron chi connectivity index (χ3n) is 4.76. The molecule has 8 heteroatoms. The van der Waals surface area contributed by atoms with Crippen LogP contribution >= 0.6 is 0 Å². The van der Waals surface area contributed by atoms with E-state index in [1.807, 2.05) is 19.9 Å². The lowest BCUT2D eigenvalue weighted by Crippen LogP contribution is -2.39. The van der Waals surface area contributed by atoms with E-state index in [1.54, 1.807) is 22.9 Å². The van der Waals surface area contributed by atoms with Crippen LogP contribution in [0.4, 0.5) is 14.6 Å². The van der Waals surface area contributed by atoms with E-state index in [0.717, 1.165) is 16.7 Å². The molecule has 0 saturated heterocycles. The number of likely N-dealkylation sites (N-methyl/N-ethyl adjacent to an activating group) is 1. The van der Waals surface area contributed by atoms with E-state index in [4.69, 9.17) is 10.5 Å². The van der Waals surface area contributed by atoms with Gasteiger partial charge in [0.05, 0.1) is 12.6 Å². The predicted molar refractivity (Wildman–Crippen MR) is 93.4 cm³/mol. The number of pyridine rings is 1. The number of carbonyl (C=O) groups excluding carboxylic acids is 1. The molecule has 1 aromatic heterocycles. The molecule has 1 aromatic rings. The summed E-state index contributed by atoms with van der Waals surface area (Å²) in [5.74, 6) is 0.733. The first-order chi connectivity index (χ1) is 12.3. The number of amides is 1. The summed E-state index contributed by atoms with van der Waals surface area (Å²) in [7, 11) is 1.78. The van der Waals surface area contributed by atoms with E-state index < -0.39 is 13.0 Å². The summed E-state index contributed by atoms with van der Waals surface area (Å²) in [6.07, 6.45) is 0.921. The van der Waals surface area contributed by atoms with Gasteiger partial charge in [0.25, 0.3) is 12.3 Å². The molecular formula is C18H22F2N4O2. The van der Waals surface area contributed by atoms with Gasteiger partial charge >= 0.3 is 0 Å². The maximum absolute atomic E-state index is 12.7. The Morgan fingerprint density at radius 1 is 1.38 bits per heavy atom. The van der Waals surface area contributed by atoms with E-state index in [-0.39, 0.29) is 11.9 Å². The third kappa shape index (κ3) is 3.23. The van der Waals surface area contributed by atoms with E-state index in [0.29, 0.717) is 30.4 Å². The van der Waals surface area contributed by atoms with Crippen LogP contribution < -0.4 is 5.73 Å². The van der Waals surface area contributed by atoms with Crippen molar-refractivity contribution in [1.82, 2.24) is 14.8 Å². The topological polar surface area (TPSA) is 71.7 Å². The van der Waals surface area contributed by atoms with Gasteiger partial charge in [-0.1, -0.05) is 6.08 Å². The van der Waals surface area contributed by atoms with Crippen LogP contribution in [-0.4, -0.2) is 53.4 Å². The molecule has 0 saturated carbocycles. The number of hydrogen-bond acceptors (Lipinski definition) is 5. The summed E-state index contributed by atoms with van der Waals surface area (Å²) < 4.78 is 30.1. The molecule has 6 nitrogen and oxygen atoms in total. The monoisotopic (exact) mass is 364 g/mol. The number of carbonyl (C=O) groups is 1. The minimum atomic E-state index is -2.52. The lowest BCUT2D eigenvalue weighted by atomic mass is 10.0. The Labute approximate surface area is 150 Å². The van der Waals surface area contributed by atoms with Gasteiger partial charge in [-0.25, -0.2) is 13.8 Å². The number of nitrogens with two attached hydrogens (primary N) is 1. The number of hydrogen-bond donors (Lipinski definition) is 1. The zero-order valence-electron chi connectivity index (χ0n) is 15.0. The Kier molecular flexibility index (Phi) is 4.84. The molecule has 0 fully saturated rings. The van der Waals surface area contributed by atoms with Crippen molar-refractivity contribution in [3.63, 3.8) is 0 Å². The number of nitrogens with zero attached hydrogens (tertiary/aromatic N) is 3. The number of rotatable bonds is 5. The van der Waals surface area contributed by atoms with Crippen LogP contribution in [0.5, 0.6) is 0 Å². The fourth-order valence-corrected chi connectivity index (χ4v) is 3.44. The second-order valence-electron chi connectivity index (χ2n) is 6.60. The van der Waals surface area contributed by atoms with Crippen molar-refractivity contribution in [3.05, 3.63) is 46.5 Å². The molecular weight excluding hydrogens is 342 g/mol. The zero-order chi connectivity index (χ0) is 19.0. The number of aromatic nitrogens is 1. The molecule has 3 rings (SSSR count). The quantitative estimate of drug-likeness (QED) is 0.869. The maximum atomic E-state index is 12.7. The van der Waals surface area contributed by atoms with Gasteiger partial charge in [0.1, 0.15) is 5.82 Å². The second kappa shape index (κ2) is 6.93. The number of allylic oxidation sites excluding steroid dienone is 2. The van der Waals surface area contributed by atoms with E-state index in [9.17, 15) is 13.6 Å². The third-order valence-corrected chi connectivity index (χ3v) is 4.76. The molecule has 1 unspecified atom stereocenters. The summed E-state index contributed by atoms with van der Waals surface area (Å²) in [5, 5.41) is 0. The number of halogens is 2. The Bertz CT molecular complexity index is 791. The molecule has 2 aliphatic heterocycles. The molecule has 2 aliphatic rings.